The van der Waals surface area contributed by atoms with Crippen molar-refractivity contribution in [2.24, 2.45) is 23.0 Å². The van der Waals surface area contributed by atoms with Gasteiger partial charge in [-0.1, -0.05) is 51.8 Å². The summed E-state index contributed by atoms with van der Waals surface area (Å²) in [6, 6.07) is 9.89. The SMILES string of the molecule is C=C[C@@H]1C[C@]1(NC(=O)[C@@H]1CCCN1C(=O)[C@@H](NC(=O)O[C@@H]1CC1CCCCCc1c(OCCc2ccncc2)c2ccccc2[nH]c1=O)C(C)(C)C)C(N)=O. The van der Waals surface area contributed by atoms with Crippen LogP contribution in [0.2, 0.25) is 0 Å². The van der Waals surface area contributed by atoms with Gasteiger partial charge < -0.3 is 35.7 Å². The minimum Gasteiger partial charge on any atom is -0.492 e. The Bertz CT molecular complexity index is 1960. The molecule has 2 aliphatic carbocycles. The van der Waals surface area contributed by atoms with Crippen LogP contribution in [0.3, 0.4) is 0 Å². The number of nitrogens with one attached hydrogen (secondary N) is 3. The van der Waals surface area contributed by atoms with E-state index in [1.165, 1.54) is 4.90 Å². The number of ether oxygens (including phenoxy) is 2. The third-order valence-electron chi connectivity index (χ3n) is 11.3. The number of amides is 4. The molecule has 1 unspecified atom stereocenters. The predicted molar refractivity (Wildman–Crippen MR) is 208 cm³/mol. The molecular formula is C42H54N6O7. The molecular weight excluding hydrogens is 700 g/mol. The van der Waals surface area contributed by atoms with Crippen LogP contribution in [0.5, 0.6) is 5.75 Å². The Hall–Kier alpha value is -5.20. The molecule has 55 heavy (non-hydrogen) atoms. The third-order valence-corrected chi connectivity index (χ3v) is 11.3. The number of benzene rings is 1. The molecule has 294 valence electrons. The average Bonchev–Trinajstić information content (AvgIpc) is 4.01. The first kappa shape index (κ1) is 39.5. The van der Waals surface area contributed by atoms with Gasteiger partial charge in [0.2, 0.25) is 17.7 Å². The number of fused-ring (bicyclic) bond motifs is 1. The zero-order valence-corrected chi connectivity index (χ0v) is 32.1. The van der Waals surface area contributed by atoms with Crippen LogP contribution < -0.4 is 26.7 Å². The predicted octanol–water partition coefficient (Wildman–Crippen LogP) is 4.71. The van der Waals surface area contributed by atoms with Crippen molar-refractivity contribution in [2.75, 3.05) is 13.2 Å². The number of likely N-dealkylation sites (tertiary alicyclic amines) is 1. The van der Waals surface area contributed by atoms with E-state index in [-0.39, 0.29) is 29.4 Å². The smallest absolute Gasteiger partial charge is 0.408 e. The number of rotatable bonds is 17. The van der Waals surface area contributed by atoms with Crippen molar-refractivity contribution in [3.63, 3.8) is 0 Å². The van der Waals surface area contributed by atoms with Crippen LogP contribution in [0.25, 0.3) is 10.9 Å². The Labute approximate surface area is 321 Å². The van der Waals surface area contributed by atoms with Crippen LogP contribution in [0.4, 0.5) is 4.79 Å². The number of nitrogens with zero attached hydrogens (tertiary/aromatic N) is 2. The van der Waals surface area contributed by atoms with Crippen LogP contribution in [0.15, 0.2) is 66.2 Å². The number of aromatic amines is 1. The fourth-order valence-electron chi connectivity index (χ4n) is 7.79. The first-order chi connectivity index (χ1) is 26.3. The molecule has 6 atom stereocenters. The molecule has 5 N–H and O–H groups in total. The van der Waals surface area contributed by atoms with Crippen molar-refractivity contribution in [3.8, 4) is 5.75 Å². The van der Waals surface area contributed by atoms with E-state index in [4.69, 9.17) is 15.2 Å². The van der Waals surface area contributed by atoms with Crippen LogP contribution >= 0.6 is 0 Å². The van der Waals surface area contributed by atoms with Gasteiger partial charge in [-0.3, -0.25) is 24.2 Å². The summed E-state index contributed by atoms with van der Waals surface area (Å²) in [5.41, 5.74) is 6.15. The zero-order valence-electron chi connectivity index (χ0n) is 32.1. The molecule has 0 spiro atoms. The van der Waals surface area contributed by atoms with Crippen molar-refractivity contribution in [2.45, 2.75) is 109 Å². The van der Waals surface area contributed by atoms with Gasteiger partial charge in [-0.15, -0.1) is 6.58 Å². The normalized spacial score (nSPS) is 23.4. The van der Waals surface area contributed by atoms with Crippen LogP contribution in [0.1, 0.15) is 83.3 Å². The molecule has 1 aliphatic heterocycles. The molecule has 6 rings (SSSR count). The summed E-state index contributed by atoms with van der Waals surface area (Å²) in [5, 5.41) is 6.49. The Balaban J connectivity index is 0.966. The number of primary amides is 1. The van der Waals surface area contributed by atoms with Crippen LogP contribution in [0, 0.1) is 17.3 Å². The standard InChI is InChI=1S/C42H54N6O7/c1-5-28-25-42(28,39(43)52)47-37(50)32-16-11-22-48(32)38(51)35(41(2,3)4)46-40(53)55-33-24-27(33)12-7-6-8-14-30-34(54-23-19-26-17-20-44-21-18-26)29-13-9-10-15-31(29)45-36(30)49/h5,9-10,13,15,17-18,20-21,27-28,32-33,35H,1,6-8,11-12,14,16,19,22-25H2,2-4H3,(H2,43,52)(H,45,49)(H,46,53)(H,47,50)/t27?,28-,32+,33-,35-,42-/m1/s1. The molecule has 0 bridgehead atoms. The number of aromatic nitrogens is 2. The lowest BCUT2D eigenvalue weighted by molar-refractivity contribution is -0.142. The van der Waals surface area contributed by atoms with E-state index >= 15 is 0 Å². The van der Waals surface area contributed by atoms with Gasteiger partial charge in [-0.2, -0.15) is 0 Å². The van der Waals surface area contributed by atoms with E-state index in [1.54, 1.807) is 18.5 Å². The van der Waals surface area contributed by atoms with E-state index in [0.29, 0.717) is 56.6 Å². The van der Waals surface area contributed by atoms with E-state index in [0.717, 1.165) is 48.6 Å². The van der Waals surface area contributed by atoms with Gasteiger partial charge in [0.15, 0.2) is 0 Å². The van der Waals surface area contributed by atoms with Crippen molar-refractivity contribution < 1.29 is 28.7 Å². The molecule has 1 aromatic carbocycles. The Kier molecular flexibility index (Phi) is 12.0. The first-order valence-electron chi connectivity index (χ1n) is 19.5. The third kappa shape index (κ3) is 9.20. The maximum absolute atomic E-state index is 13.9. The molecule has 13 heteroatoms. The number of H-pyrrole nitrogens is 1. The topological polar surface area (TPSA) is 186 Å². The fraction of sp³-hybridized carbons (Fsp3) is 0.524. The molecule has 3 aliphatic rings. The van der Waals surface area contributed by atoms with E-state index < -0.39 is 40.9 Å². The van der Waals surface area contributed by atoms with Crippen LogP contribution in [-0.2, 0) is 32.0 Å². The molecule has 2 aromatic heterocycles. The van der Waals surface area contributed by atoms with E-state index in [2.05, 4.69) is 27.2 Å². The summed E-state index contributed by atoms with van der Waals surface area (Å²) < 4.78 is 12.0. The Morgan fingerprint density at radius 1 is 1.11 bits per heavy atom. The second-order valence-corrected chi connectivity index (χ2v) is 16.3. The highest BCUT2D eigenvalue weighted by molar-refractivity contribution is 5.97. The fourth-order valence-corrected chi connectivity index (χ4v) is 7.79. The van der Waals surface area contributed by atoms with Gasteiger partial charge in [0, 0.05) is 36.7 Å². The minimum atomic E-state index is -1.17. The second kappa shape index (κ2) is 16.7. The zero-order chi connectivity index (χ0) is 39.3. The highest BCUT2D eigenvalue weighted by atomic mass is 16.6. The molecule has 2 saturated carbocycles. The summed E-state index contributed by atoms with van der Waals surface area (Å²) >= 11 is 0. The van der Waals surface area contributed by atoms with Gasteiger partial charge in [0.1, 0.15) is 29.5 Å². The number of nitrogens with two attached hydrogens (primary N) is 1. The lowest BCUT2D eigenvalue weighted by Gasteiger charge is -2.35. The van der Waals surface area contributed by atoms with Gasteiger partial charge in [0.25, 0.3) is 5.56 Å². The molecule has 1 saturated heterocycles. The number of unbranched alkanes of at least 4 members (excludes halogenated alkanes) is 2. The maximum Gasteiger partial charge on any atom is 0.408 e. The number of hydrogen-bond donors (Lipinski definition) is 4. The first-order valence-corrected chi connectivity index (χ1v) is 19.5. The summed E-state index contributed by atoms with van der Waals surface area (Å²) in [4.78, 5) is 74.3. The van der Waals surface area contributed by atoms with Crippen LogP contribution in [-0.4, -0.2) is 75.6 Å². The number of pyridine rings is 2. The lowest BCUT2D eigenvalue weighted by atomic mass is 9.85. The molecule has 3 fully saturated rings. The molecule has 13 nitrogen and oxygen atoms in total. The van der Waals surface area contributed by atoms with Gasteiger partial charge in [-0.05, 0) is 86.1 Å². The minimum absolute atomic E-state index is 0.133. The second-order valence-electron chi connectivity index (χ2n) is 16.3. The quantitative estimate of drug-likeness (QED) is 0.113. The monoisotopic (exact) mass is 754 g/mol. The molecule has 0 radical (unpaired) electrons. The van der Waals surface area contributed by atoms with Crippen molar-refractivity contribution in [1.29, 1.82) is 0 Å². The van der Waals surface area contributed by atoms with Crippen molar-refractivity contribution >= 4 is 34.7 Å². The van der Waals surface area contributed by atoms with Crippen molar-refractivity contribution in [1.82, 2.24) is 25.5 Å². The number of carbonyl (C=O) groups is 4. The summed E-state index contributed by atoms with van der Waals surface area (Å²) in [6.07, 6.45) is 11.2. The molecule has 3 heterocycles. The summed E-state index contributed by atoms with van der Waals surface area (Å²) in [6.45, 7) is 10.1. The van der Waals surface area contributed by atoms with Gasteiger partial charge in [0.05, 0.1) is 17.7 Å². The Morgan fingerprint density at radius 3 is 2.58 bits per heavy atom. The Morgan fingerprint density at radius 2 is 1.87 bits per heavy atom. The highest BCUT2D eigenvalue weighted by Gasteiger charge is 2.59. The average molecular weight is 755 g/mol. The summed E-state index contributed by atoms with van der Waals surface area (Å²) in [7, 11) is 0. The lowest BCUT2D eigenvalue weighted by Crippen LogP contribution is -2.59. The molecule has 3 aromatic rings. The molecule has 4 amide bonds. The number of hydrogen-bond acceptors (Lipinski definition) is 8. The largest absolute Gasteiger partial charge is 0.492 e. The van der Waals surface area contributed by atoms with Gasteiger partial charge in [-0.25, -0.2) is 4.79 Å². The van der Waals surface area contributed by atoms with Gasteiger partial charge >= 0.3 is 6.09 Å². The van der Waals surface area contributed by atoms with E-state index in [1.807, 2.05) is 57.2 Å². The van der Waals surface area contributed by atoms with E-state index in [9.17, 15) is 24.0 Å². The number of alkyl carbamates (subject to hydrolysis) is 1. The van der Waals surface area contributed by atoms with Crippen molar-refractivity contribution in [3.05, 3.63) is 82.9 Å². The summed E-state index contributed by atoms with van der Waals surface area (Å²) in [5.74, 6) is -0.791. The number of para-hydroxylation sites is 1. The maximum atomic E-state index is 13.9. The number of carbonyl (C=O) groups excluding carboxylic acids is 4. The highest BCUT2D eigenvalue weighted by Crippen LogP contribution is 2.44.